The quantitative estimate of drug-likeness (QED) is 0.825. The second-order valence-corrected chi connectivity index (χ2v) is 3.52. The maximum absolute atomic E-state index is 12.5. The van der Waals surface area contributed by atoms with E-state index in [0.29, 0.717) is 11.3 Å². The standard InChI is InChI=1S/C12H9F3N2O/c1-18-9-4-2-3-8(5-9)10-6-11(12(13,14)15)17-7-16-10/h2-7H,1H3. The van der Waals surface area contributed by atoms with Crippen molar-refractivity contribution in [3.8, 4) is 17.0 Å². The topological polar surface area (TPSA) is 35.0 Å². The van der Waals surface area contributed by atoms with Crippen LogP contribution in [0.1, 0.15) is 5.69 Å². The zero-order chi connectivity index (χ0) is 13.2. The third-order valence-electron chi connectivity index (χ3n) is 2.32. The molecule has 0 aliphatic heterocycles. The van der Waals surface area contributed by atoms with Gasteiger partial charge in [-0.3, -0.25) is 0 Å². The van der Waals surface area contributed by atoms with E-state index in [0.717, 1.165) is 12.4 Å². The maximum atomic E-state index is 12.5. The minimum atomic E-state index is -4.48. The summed E-state index contributed by atoms with van der Waals surface area (Å²) in [7, 11) is 1.49. The van der Waals surface area contributed by atoms with Gasteiger partial charge >= 0.3 is 6.18 Å². The third-order valence-corrected chi connectivity index (χ3v) is 2.32. The number of halogens is 3. The first-order valence-corrected chi connectivity index (χ1v) is 5.04. The smallest absolute Gasteiger partial charge is 0.433 e. The van der Waals surface area contributed by atoms with E-state index in [4.69, 9.17) is 4.74 Å². The summed E-state index contributed by atoms with van der Waals surface area (Å²) in [6, 6.07) is 7.57. The number of hydrogen-bond acceptors (Lipinski definition) is 3. The van der Waals surface area contributed by atoms with E-state index in [1.165, 1.54) is 7.11 Å². The van der Waals surface area contributed by atoms with Crippen molar-refractivity contribution >= 4 is 0 Å². The molecule has 1 heterocycles. The summed E-state index contributed by atoms with van der Waals surface area (Å²) in [6.45, 7) is 0. The molecule has 3 nitrogen and oxygen atoms in total. The Morgan fingerprint density at radius 2 is 1.89 bits per heavy atom. The van der Waals surface area contributed by atoms with Crippen LogP contribution in [0.5, 0.6) is 5.75 Å². The van der Waals surface area contributed by atoms with Crippen molar-refractivity contribution < 1.29 is 17.9 Å². The van der Waals surface area contributed by atoms with Gasteiger partial charge in [0.15, 0.2) is 0 Å². The normalized spacial score (nSPS) is 11.3. The van der Waals surface area contributed by atoms with Crippen LogP contribution in [0.3, 0.4) is 0 Å². The molecule has 0 saturated carbocycles. The van der Waals surface area contributed by atoms with Crippen molar-refractivity contribution in [3.05, 3.63) is 42.4 Å². The van der Waals surface area contributed by atoms with Gasteiger partial charge in [0.05, 0.1) is 12.8 Å². The Labute approximate surface area is 101 Å². The SMILES string of the molecule is COc1cccc(-c2cc(C(F)(F)F)ncn2)c1. The van der Waals surface area contributed by atoms with Crippen LogP contribution in [0.2, 0.25) is 0 Å². The summed E-state index contributed by atoms with van der Waals surface area (Å²) < 4.78 is 42.6. The number of ether oxygens (including phenoxy) is 1. The van der Waals surface area contributed by atoms with Gasteiger partial charge in [0, 0.05) is 5.56 Å². The Balaban J connectivity index is 2.44. The fourth-order valence-electron chi connectivity index (χ4n) is 1.45. The van der Waals surface area contributed by atoms with Gasteiger partial charge in [-0.1, -0.05) is 12.1 Å². The van der Waals surface area contributed by atoms with Crippen LogP contribution in [0.25, 0.3) is 11.3 Å². The monoisotopic (exact) mass is 254 g/mol. The molecule has 0 radical (unpaired) electrons. The molecular formula is C12H9F3N2O. The van der Waals surface area contributed by atoms with E-state index in [1.807, 2.05) is 0 Å². The van der Waals surface area contributed by atoms with Crippen molar-refractivity contribution in [3.63, 3.8) is 0 Å². The molecule has 1 aromatic carbocycles. The van der Waals surface area contributed by atoms with E-state index in [1.54, 1.807) is 24.3 Å². The highest BCUT2D eigenvalue weighted by atomic mass is 19.4. The zero-order valence-electron chi connectivity index (χ0n) is 9.40. The molecule has 0 amide bonds. The van der Waals surface area contributed by atoms with Gasteiger partial charge in [0.2, 0.25) is 0 Å². The van der Waals surface area contributed by atoms with Gasteiger partial charge in [-0.25, -0.2) is 9.97 Å². The average Bonchev–Trinajstić information content (AvgIpc) is 2.38. The lowest BCUT2D eigenvalue weighted by Crippen LogP contribution is -2.08. The Bertz CT molecular complexity index is 555. The van der Waals surface area contributed by atoms with Crippen LogP contribution in [0, 0.1) is 0 Å². The fourth-order valence-corrected chi connectivity index (χ4v) is 1.45. The lowest BCUT2D eigenvalue weighted by molar-refractivity contribution is -0.141. The molecule has 0 spiro atoms. The van der Waals surface area contributed by atoms with Crippen molar-refractivity contribution in [1.29, 1.82) is 0 Å². The molecule has 0 saturated heterocycles. The Hall–Kier alpha value is -2.11. The molecule has 0 fully saturated rings. The lowest BCUT2D eigenvalue weighted by Gasteiger charge is -2.07. The first kappa shape index (κ1) is 12.3. The number of rotatable bonds is 2. The van der Waals surface area contributed by atoms with Gasteiger partial charge < -0.3 is 4.74 Å². The molecule has 0 unspecified atom stereocenters. The Morgan fingerprint density at radius 3 is 2.56 bits per heavy atom. The highest BCUT2D eigenvalue weighted by Gasteiger charge is 2.32. The number of alkyl halides is 3. The zero-order valence-corrected chi connectivity index (χ0v) is 9.40. The lowest BCUT2D eigenvalue weighted by atomic mass is 10.1. The summed E-state index contributed by atoms with van der Waals surface area (Å²) in [5, 5.41) is 0. The van der Waals surface area contributed by atoms with Crippen LogP contribution in [-0.2, 0) is 6.18 Å². The van der Waals surface area contributed by atoms with Crippen molar-refractivity contribution in [2.75, 3.05) is 7.11 Å². The first-order chi connectivity index (χ1) is 8.50. The molecule has 2 rings (SSSR count). The number of benzene rings is 1. The molecule has 2 aromatic rings. The van der Waals surface area contributed by atoms with Crippen LogP contribution < -0.4 is 4.74 Å². The summed E-state index contributed by atoms with van der Waals surface area (Å²) in [5.74, 6) is 0.555. The molecule has 0 N–H and O–H groups in total. The first-order valence-electron chi connectivity index (χ1n) is 5.04. The largest absolute Gasteiger partial charge is 0.497 e. The Morgan fingerprint density at radius 1 is 1.11 bits per heavy atom. The van der Waals surface area contributed by atoms with Gasteiger partial charge in [0.25, 0.3) is 0 Å². The van der Waals surface area contributed by atoms with Gasteiger partial charge in [-0.05, 0) is 18.2 Å². The number of hydrogen-bond donors (Lipinski definition) is 0. The number of aromatic nitrogens is 2. The van der Waals surface area contributed by atoms with E-state index in [9.17, 15) is 13.2 Å². The van der Waals surface area contributed by atoms with Crippen molar-refractivity contribution in [1.82, 2.24) is 9.97 Å². The van der Waals surface area contributed by atoms with Gasteiger partial charge in [-0.15, -0.1) is 0 Å². The van der Waals surface area contributed by atoms with Crippen molar-refractivity contribution in [2.24, 2.45) is 0 Å². The maximum Gasteiger partial charge on any atom is 0.433 e. The minimum Gasteiger partial charge on any atom is -0.497 e. The van der Waals surface area contributed by atoms with Crippen LogP contribution in [0.4, 0.5) is 13.2 Å². The van der Waals surface area contributed by atoms with Gasteiger partial charge in [0.1, 0.15) is 17.8 Å². The average molecular weight is 254 g/mol. The number of methoxy groups -OCH3 is 1. The highest BCUT2D eigenvalue weighted by Crippen LogP contribution is 2.30. The summed E-state index contributed by atoms with van der Waals surface area (Å²) >= 11 is 0. The summed E-state index contributed by atoms with van der Waals surface area (Å²) in [4.78, 5) is 7.04. The van der Waals surface area contributed by atoms with E-state index >= 15 is 0 Å². The second-order valence-electron chi connectivity index (χ2n) is 3.52. The molecule has 0 atom stereocenters. The molecule has 0 aliphatic carbocycles. The Kier molecular flexibility index (Phi) is 3.18. The molecule has 1 aromatic heterocycles. The van der Waals surface area contributed by atoms with Crippen LogP contribution >= 0.6 is 0 Å². The highest BCUT2D eigenvalue weighted by molar-refractivity contribution is 5.61. The van der Waals surface area contributed by atoms with E-state index in [-0.39, 0.29) is 5.69 Å². The minimum absolute atomic E-state index is 0.205. The summed E-state index contributed by atoms with van der Waals surface area (Å²) in [5.41, 5.74) is -0.214. The molecule has 6 heteroatoms. The molecule has 0 bridgehead atoms. The third kappa shape index (κ3) is 2.58. The predicted octanol–water partition coefficient (Wildman–Crippen LogP) is 3.17. The predicted molar refractivity (Wildman–Crippen MR) is 59.0 cm³/mol. The summed E-state index contributed by atoms with van der Waals surface area (Å²) in [6.07, 6.45) is -3.58. The molecule has 18 heavy (non-hydrogen) atoms. The van der Waals surface area contributed by atoms with Crippen molar-refractivity contribution in [2.45, 2.75) is 6.18 Å². The molecular weight excluding hydrogens is 245 g/mol. The van der Waals surface area contributed by atoms with Crippen LogP contribution in [-0.4, -0.2) is 17.1 Å². The fraction of sp³-hybridized carbons (Fsp3) is 0.167. The van der Waals surface area contributed by atoms with E-state index < -0.39 is 11.9 Å². The van der Waals surface area contributed by atoms with E-state index in [2.05, 4.69) is 9.97 Å². The van der Waals surface area contributed by atoms with Crippen LogP contribution in [0.15, 0.2) is 36.7 Å². The second kappa shape index (κ2) is 4.64. The van der Waals surface area contributed by atoms with Gasteiger partial charge in [-0.2, -0.15) is 13.2 Å². The molecule has 94 valence electrons. The molecule has 0 aliphatic rings. The number of nitrogens with zero attached hydrogens (tertiary/aromatic N) is 2.